The Morgan fingerprint density at radius 2 is 2.00 bits per heavy atom. The lowest BCUT2D eigenvalue weighted by Gasteiger charge is -2.32. The summed E-state index contributed by atoms with van der Waals surface area (Å²) in [7, 11) is 3.42. The van der Waals surface area contributed by atoms with Crippen LogP contribution in [0.3, 0.4) is 0 Å². The van der Waals surface area contributed by atoms with Crippen molar-refractivity contribution < 1.29 is 14.6 Å². The van der Waals surface area contributed by atoms with E-state index in [0.717, 1.165) is 19.3 Å². The van der Waals surface area contributed by atoms with Crippen LogP contribution in [0.4, 0.5) is 11.5 Å². The lowest BCUT2D eigenvalue weighted by atomic mass is 9.85. The van der Waals surface area contributed by atoms with Gasteiger partial charge in [-0.2, -0.15) is 0 Å². The Hall–Kier alpha value is -2.35. The summed E-state index contributed by atoms with van der Waals surface area (Å²) in [6.07, 6.45) is 4.43. The van der Waals surface area contributed by atoms with Crippen LogP contribution in [0.15, 0.2) is 41.2 Å². The van der Waals surface area contributed by atoms with Crippen molar-refractivity contribution in [2.45, 2.75) is 44.2 Å². The van der Waals surface area contributed by atoms with Gasteiger partial charge in [-0.3, -0.25) is 14.2 Å². The molecule has 0 saturated heterocycles. The highest BCUT2D eigenvalue weighted by molar-refractivity contribution is 6.34. The van der Waals surface area contributed by atoms with E-state index >= 15 is 0 Å². The molecule has 0 spiro atoms. The summed E-state index contributed by atoms with van der Waals surface area (Å²) >= 11 is 6.31. The third-order valence-electron chi connectivity index (χ3n) is 5.83. The molecular formula is C23H30ClN3O4. The molecule has 0 aliphatic heterocycles. The number of aromatic nitrogens is 1. The van der Waals surface area contributed by atoms with Gasteiger partial charge in [0.15, 0.2) is 0 Å². The van der Waals surface area contributed by atoms with Gasteiger partial charge in [0.1, 0.15) is 5.82 Å². The first-order valence-corrected chi connectivity index (χ1v) is 10.9. The molecule has 1 aromatic carbocycles. The number of nitrogens with zero attached hydrogens (tertiary/aromatic N) is 2. The first-order chi connectivity index (χ1) is 14.8. The molecule has 8 heteroatoms. The van der Waals surface area contributed by atoms with Crippen molar-refractivity contribution in [3.05, 3.63) is 57.3 Å². The average Bonchev–Trinajstić information content (AvgIpc) is 2.77. The number of carbonyl (C=O) groups is 1. The molecule has 0 bridgehead atoms. The molecule has 1 aliphatic rings. The van der Waals surface area contributed by atoms with E-state index in [9.17, 15) is 14.7 Å². The molecule has 0 atom stereocenters. The molecule has 1 saturated carbocycles. The number of nitrogens with one attached hydrogen (secondary N) is 1. The first kappa shape index (κ1) is 23.3. The molecule has 1 amide bonds. The summed E-state index contributed by atoms with van der Waals surface area (Å²) < 4.78 is 6.74. The van der Waals surface area contributed by atoms with E-state index in [1.54, 1.807) is 35.9 Å². The monoisotopic (exact) mass is 447 g/mol. The predicted octanol–water partition coefficient (Wildman–Crippen LogP) is 3.34. The average molecular weight is 448 g/mol. The van der Waals surface area contributed by atoms with Crippen molar-refractivity contribution in [3.8, 4) is 0 Å². The number of hydrogen-bond donors (Lipinski definition) is 2. The van der Waals surface area contributed by atoms with Gasteiger partial charge < -0.3 is 20.1 Å². The summed E-state index contributed by atoms with van der Waals surface area (Å²) in [5.74, 6) is 0.346. The van der Waals surface area contributed by atoms with Crippen LogP contribution >= 0.6 is 11.6 Å². The maximum absolute atomic E-state index is 12.8. The standard InChI is InChI=1S/C23H30ClN3O4/c1-26(20-7-6-8-21(28)27(20)13-14-31-2)17-9-10-19(24)18(15-17)22(29)25-16-23(30)11-4-3-5-12-23/h6-10,15,30H,3-5,11-14,16H2,1-2H3,(H,25,29). The number of carbonyl (C=O) groups excluding carboxylic acids is 1. The lowest BCUT2D eigenvalue weighted by Crippen LogP contribution is -2.44. The Morgan fingerprint density at radius 3 is 2.71 bits per heavy atom. The van der Waals surface area contributed by atoms with Crippen LogP contribution in [0, 0.1) is 0 Å². The van der Waals surface area contributed by atoms with Gasteiger partial charge in [0, 0.05) is 32.5 Å². The van der Waals surface area contributed by atoms with Crippen molar-refractivity contribution in [2.24, 2.45) is 0 Å². The molecule has 1 heterocycles. The highest BCUT2D eigenvalue weighted by atomic mass is 35.5. The predicted molar refractivity (Wildman–Crippen MR) is 122 cm³/mol. The number of pyridine rings is 1. The van der Waals surface area contributed by atoms with Crippen LogP contribution in [-0.4, -0.2) is 48.5 Å². The topological polar surface area (TPSA) is 83.8 Å². The van der Waals surface area contributed by atoms with Crippen molar-refractivity contribution >= 4 is 29.0 Å². The Balaban J connectivity index is 1.81. The van der Waals surface area contributed by atoms with Crippen molar-refractivity contribution in [1.82, 2.24) is 9.88 Å². The smallest absolute Gasteiger partial charge is 0.252 e. The number of benzene rings is 1. The van der Waals surface area contributed by atoms with E-state index in [0.29, 0.717) is 48.1 Å². The van der Waals surface area contributed by atoms with E-state index in [4.69, 9.17) is 16.3 Å². The zero-order chi connectivity index (χ0) is 22.4. The van der Waals surface area contributed by atoms with Crippen molar-refractivity contribution in [2.75, 3.05) is 32.2 Å². The minimum atomic E-state index is -0.851. The van der Waals surface area contributed by atoms with Gasteiger partial charge in [-0.1, -0.05) is 36.9 Å². The fraction of sp³-hybridized carbons (Fsp3) is 0.478. The van der Waals surface area contributed by atoms with Gasteiger partial charge >= 0.3 is 0 Å². The van der Waals surface area contributed by atoms with Crippen LogP contribution < -0.4 is 15.8 Å². The fourth-order valence-corrected chi connectivity index (χ4v) is 4.17. The quantitative estimate of drug-likeness (QED) is 0.648. The van der Waals surface area contributed by atoms with Crippen LogP contribution in [0.1, 0.15) is 42.5 Å². The third kappa shape index (κ3) is 5.67. The second-order valence-corrected chi connectivity index (χ2v) is 8.46. The van der Waals surface area contributed by atoms with Gasteiger partial charge in [-0.05, 0) is 37.1 Å². The normalized spacial score (nSPS) is 15.5. The van der Waals surface area contributed by atoms with Crippen molar-refractivity contribution in [1.29, 1.82) is 0 Å². The molecule has 0 unspecified atom stereocenters. The summed E-state index contributed by atoms with van der Waals surface area (Å²) in [5.41, 5.74) is 0.0554. The zero-order valence-corrected chi connectivity index (χ0v) is 18.8. The molecule has 2 N–H and O–H groups in total. The Kier molecular flexibility index (Phi) is 7.75. The third-order valence-corrected chi connectivity index (χ3v) is 6.16. The highest BCUT2D eigenvalue weighted by Crippen LogP contribution is 2.29. The van der Waals surface area contributed by atoms with Gasteiger partial charge in [-0.25, -0.2) is 0 Å². The molecule has 168 valence electrons. The molecule has 1 aromatic heterocycles. The van der Waals surface area contributed by atoms with Gasteiger partial charge in [-0.15, -0.1) is 0 Å². The van der Waals surface area contributed by atoms with Crippen LogP contribution in [0.25, 0.3) is 0 Å². The minimum absolute atomic E-state index is 0.131. The van der Waals surface area contributed by atoms with Crippen LogP contribution in [0.2, 0.25) is 5.02 Å². The van der Waals surface area contributed by atoms with Crippen LogP contribution in [-0.2, 0) is 11.3 Å². The number of halogens is 1. The molecule has 0 radical (unpaired) electrons. The zero-order valence-electron chi connectivity index (χ0n) is 18.1. The maximum atomic E-state index is 12.8. The van der Waals surface area contributed by atoms with Crippen LogP contribution in [0.5, 0.6) is 0 Å². The number of rotatable bonds is 8. The number of hydrogen-bond acceptors (Lipinski definition) is 5. The molecule has 7 nitrogen and oxygen atoms in total. The maximum Gasteiger partial charge on any atom is 0.252 e. The Labute approximate surface area is 187 Å². The van der Waals surface area contributed by atoms with E-state index in [2.05, 4.69) is 5.32 Å². The molecular weight excluding hydrogens is 418 g/mol. The molecule has 1 fully saturated rings. The number of aliphatic hydroxyl groups is 1. The van der Waals surface area contributed by atoms with E-state index in [1.165, 1.54) is 6.07 Å². The summed E-state index contributed by atoms with van der Waals surface area (Å²) in [5, 5.41) is 13.8. The lowest BCUT2D eigenvalue weighted by molar-refractivity contribution is 0.00526. The van der Waals surface area contributed by atoms with Gasteiger partial charge in [0.05, 0.1) is 29.3 Å². The summed E-state index contributed by atoms with van der Waals surface area (Å²) in [6.45, 7) is 1.02. The minimum Gasteiger partial charge on any atom is -0.388 e. The summed E-state index contributed by atoms with van der Waals surface area (Å²) in [4.78, 5) is 27.0. The summed E-state index contributed by atoms with van der Waals surface area (Å²) in [6, 6.07) is 10.2. The van der Waals surface area contributed by atoms with E-state index in [-0.39, 0.29) is 18.0 Å². The largest absolute Gasteiger partial charge is 0.388 e. The Morgan fingerprint density at radius 1 is 1.26 bits per heavy atom. The fourth-order valence-electron chi connectivity index (χ4n) is 3.96. The molecule has 31 heavy (non-hydrogen) atoms. The van der Waals surface area contributed by atoms with Crippen molar-refractivity contribution in [3.63, 3.8) is 0 Å². The number of anilines is 2. The first-order valence-electron chi connectivity index (χ1n) is 10.6. The highest BCUT2D eigenvalue weighted by Gasteiger charge is 2.29. The second kappa shape index (κ2) is 10.3. The SMILES string of the molecule is COCCn1c(N(C)c2ccc(Cl)c(C(=O)NCC3(O)CCCCC3)c2)cccc1=O. The van der Waals surface area contributed by atoms with E-state index in [1.807, 2.05) is 18.0 Å². The molecule has 1 aliphatic carbocycles. The molecule has 3 rings (SSSR count). The Bertz CT molecular complexity index is 970. The van der Waals surface area contributed by atoms with Gasteiger partial charge in [0.25, 0.3) is 11.5 Å². The number of ether oxygens (including phenoxy) is 1. The van der Waals surface area contributed by atoms with Gasteiger partial charge in [0.2, 0.25) is 0 Å². The number of amides is 1. The van der Waals surface area contributed by atoms with E-state index < -0.39 is 5.60 Å². The molecule has 2 aromatic rings. The number of methoxy groups -OCH3 is 1. The second-order valence-electron chi connectivity index (χ2n) is 8.06.